The minimum Gasteiger partial charge on any atom is -0.369 e. The van der Waals surface area contributed by atoms with Gasteiger partial charge in [0.05, 0.1) is 16.8 Å². The number of nitrogens with zero attached hydrogens (tertiary/aromatic N) is 2. The summed E-state index contributed by atoms with van der Waals surface area (Å²) in [6, 6.07) is 3.02. The lowest BCUT2D eigenvalue weighted by Gasteiger charge is -2.06. The van der Waals surface area contributed by atoms with Gasteiger partial charge in [-0.05, 0) is 25.0 Å². The van der Waals surface area contributed by atoms with E-state index < -0.39 is 9.84 Å². The predicted octanol–water partition coefficient (Wildman–Crippen LogP) is 1.50. The van der Waals surface area contributed by atoms with Gasteiger partial charge < -0.3 is 10.3 Å². The lowest BCUT2D eigenvalue weighted by atomic mass is 10.2. The van der Waals surface area contributed by atoms with Crippen molar-refractivity contribution in [3.8, 4) is 0 Å². The van der Waals surface area contributed by atoms with Gasteiger partial charge in [-0.3, -0.25) is 0 Å². The van der Waals surface area contributed by atoms with Gasteiger partial charge in [0.1, 0.15) is 15.7 Å². The Balaban J connectivity index is 2.32. The molecule has 0 unspecified atom stereocenters. The number of benzene rings is 1. The monoisotopic (exact) mass is 285 g/mol. The fraction of sp³-hybridized carbons (Fsp3) is 0.417. The van der Waals surface area contributed by atoms with Crippen molar-refractivity contribution in [2.24, 2.45) is 0 Å². The largest absolute Gasteiger partial charge is 0.369 e. The van der Waals surface area contributed by atoms with Crippen LogP contribution in [0, 0.1) is 12.7 Å². The van der Waals surface area contributed by atoms with Crippen molar-refractivity contribution in [2.75, 3.05) is 17.7 Å². The lowest BCUT2D eigenvalue weighted by Crippen LogP contribution is -2.09. The summed E-state index contributed by atoms with van der Waals surface area (Å²) in [7, 11) is -2.99. The van der Waals surface area contributed by atoms with Crippen LogP contribution in [-0.2, 0) is 16.4 Å². The van der Waals surface area contributed by atoms with Crippen molar-refractivity contribution in [1.82, 2.24) is 9.55 Å². The molecular weight excluding hydrogens is 269 g/mol. The standard InChI is InChI=1S/C12H16FN3O2S/c1-8-6-11-10(7-9(8)13)15-12(14)16(11)4-3-5-19(2,17)18/h6-7H,3-5H2,1-2H3,(H2,14,15). The molecule has 0 aliphatic heterocycles. The van der Waals surface area contributed by atoms with Gasteiger partial charge in [0.25, 0.3) is 0 Å². The Kier molecular flexibility index (Phi) is 3.49. The first-order chi connectivity index (χ1) is 8.78. The molecule has 0 saturated heterocycles. The summed E-state index contributed by atoms with van der Waals surface area (Å²) in [5.41, 5.74) is 7.51. The van der Waals surface area contributed by atoms with Gasteiger partial charge in [-0.1, -0.05) is 0 Å². The van der Waals surface area contributed by atoms with Gasteiger partial charge >= 0.3 is 0 Å². The molecule has 1 aromatic heterocycles. The average Bonchev–Trinajstić information content (AvgIpc) is 2.55. The predicted molar refractivity (Wildman–Crippen MR) is 73.2 cm³/mol. The highest BCUT2D eigenvalue weighted by Gasteiger charge is 2.11. The van der Waals surface area contributed by atoms with Crippen LogP contribution in [0.3, 0.4) is 0 Å². The van der Waals surface area contributed by atoms with Crippen LogP contribution in [0.1, 0.15) is 12.0 Å². The molecule has 0 saturated carbocycles. The van der Waals surface area contributed by atoms with Crippen molar-refractivity contribution in [2.45, 2.75) is 19.9 Å². The molecule has 19 heavy (non-hydrogen) atoms. The third-order valence-corrected chi connectivity index (χ3v) is 3.99. The van der Waals surface area contributed by atoms with E-state index in [0.29, 0.717) is 24.0 Å². The molecule has 0 fully saturated rings. The quantitative estimate of drug-likeness (QED) is 0.923. The maximum Gasteiger partial charge on any atom is 0.201 e. The molecule has 1 heterocycles. The third kappa shape index (κ3) is 3.04. The van der Waals surface area contributed by atoms with Gasteiger partial charge in [0.15, 0.2) is 0 Å². The van der Waals surface area contributed by atoms with E-state index in [1.54, 1.807) is 17.6 Å². The summed E-state index contributed by atoms with van der Waals surface area (Å²) in [5, 5.41) is 0. The number of nitrogen functional groups attached to an aromatic ring is 1. The Morgan fingerprint density at radius 1 is 1.42 bits per heavy atom. The smallest absolute Gasteiger partial charge is 0.201 e. The molecule has 0 spiro atoms. The highest BCUT2D eigenvalue weighted by Crippen LogP contribution is 2.21. The second kappa shape index (κ2) is 4.80. The minimum atomic E-state index is -2.99. The molecule has 0 aliphatic rings. The van der Waals surface area contributed by atoms with E-state index in [1.807, 2.05) is 0 Å². The van der Waals surface area contributed by atoms with Crippen LogP contribution >= 0.6 is 0 Å². The van der Waals surface area contributed by atoms with Crippen LogP contribution in [-0.4, -0.2) is 30.0 Å². The first-order valence-electron chi connectivity index (χ1n) is 5.87. The van der Waals surface area contributed by atoms with Crippen LogP contribution in [0.4, 0.5) is 10.3 Å². The summed E-state index contributed by atoms with van der Waals surface area (Å²) in [6.07, 6.45) is 1.65. The number of imidazole rings is 1. The SMILES string of the molecule is Cc1cc2c(cc1F)nc(N)n2CCCS(C)(=O)=O. The molecule has 0 amide bonds. The van der Waals surface area contributed by atoms with Crippen LogP contribution in [0.5, 0.6) is 0 Å². The normalized spacial score (nSPS) is 12.2. The molecule has 0 bridgehead atoms. The molecule has 2 rings (SSSR count). The summed E-state index contributed by atoms with van der Waals surface area (Å²) >= 11 is 0. The first kappa shape index (κ1) is 13.8. The minimum absolute atomic E-state index is 0.0896. The molecule has 0 atom stereocenters. The zero-order valence-corrected chi connectivity index (χ0v) is 11.7. The summed E-state index contributed by atoms with van der Waals surface area (Å²) < 4.78 is 37.3. The van der Waals surface area contributed by atoms with Crippen molar-refractivity contribution in [3.05, 3.63) is 23.5 Å². The number of nitrogens with two attached hydrogens (primary N) is 1. The lowest BCUT2D eigenvalue weighted by molar-refractivity contribution is 0.594. The number of fused-ring (bicyclic) bond motifs is 1. The number of anilines is 1. The second-order valence-corrected chi connectivity index (χ2v) is 6.95. The van der Waals surface area contributed by atoms with E-state index in [4.69, 9.17) is 5.73 Å². The van der Waals surface area contributed by atoms with Crippen molar-refractivity contribution in [1.29, 1.82) is 0 Å². The highest BCUT2D eigenvalue weighted by molar-refractivity contribution is 7.90. The Hall–Kier alpha value is -1.63. The van der Waals surface area contributed by atoms with Gasteiger partial charge in [-0.15, -0.1) is 0 Å². The number of rotatable bonds is 4. The number of sulfone groups is 1. The molecule has 0 radical (unpaired) electrons. The van der Waals surface area contributed by atoms with Gasteiger partial charge in [0, 0.05) is 18.9 Å². The van der Waals surface area contributed by atoms with E-state index >= 15 is 0 Å². The van der Waals surface area contributed by atoms with Gasteiger partial charge in [-0.2, -0.15) is 0 Å². The Morgan fingerprint density at radius 2 is 2.11 bits per heavy atom. The summed E-state index contributed by atoms with van der Waals surface area (Å²) in [6.45, 7) is 2.11. The van der Waals surface area contributed by atoms with E-state index in [0.717, 1.165) is 5.52 Å². The number of aryl methyl sites for hydroxylation is 2. The third-order valence-electron chi connectivity index (χ3n) is 2.96. The van der Waals surface area contributed by atoms with Crippen molar-refractivity contribution >= 4 is 26.8 Å². The molecular formula is C12H16FN3O2S. The Labute approximate surface area is 111 Å². The Morgan fingerprint density at radius 3 is 2.74 bits per heavy atom. The zero-order chi connectivity index (χ0) is 14.2. The number of halogens is 1. The van der Waals surface area contributed by atoms with Crippen LogP contribution in [0.15, 0.2) is 12.1 Å². The second-order valence-electron chi connectivity index (χ2n) is 4.70. The first-order valence-corrected chi connectivity index (χ1v) is 7.93. The molecule has 104 valence electrons. The highest BCUT2D eigenvalue weighted by atomic mass is 32.2. The fourth-order valence-corrected chi connectivity index (χ4v) is 2.64. The van der Waals surface area contributed by atoms with E-state index in [-0.39, 0.29) is 17.5 Å². The molecule has 5 nitrogen and oxygen atoms in total. The summed E-state index contributed by atoms with van der Waals surface area (Å²) in [5.74, 6) is 0.0357. The maximum absolute atomic E-state index is 13.4. The average molecular weight is 285 g/mol. The number of hydrogen-bond acceptors (Lipinski definition) is 4. The number of hydrogen-bond donors (Lipinski definition) is 1. The van der Waals surface area contributed by atoms with Gasteiger partial charge in [-0.25, -0.2) is 17.8 Å². The van der Waals surface area contributed by atoms with Crippen molar-refractivity contribution < 1.29 is 12.8 Å². The molecule has 7 heteroatoms. The Bertz CT molecular complexity index is 722. The van der Waals surface area contributed by atoms with E-state index in [2.05, 4.69) is 4.98 Å². The van der Waals surface area contributed by atoms with Crippen LogP contribution in [0.2, 0.25) is 0 Å². The molecule has 0 aliphatic carbocycles. The molecule has 2 N–H and O–H groups in total. The topological polar surface area (TPSA) is 78.0 Å². The van der Waals surface area contributed by atoms with E-state index in [1.165, 1.54) is 12.3 Å². The van der Waals surface area contributed by atoms with Crippen molar-refractivity contribution in [3.63, 3.8) is 0 Å². The summed E-state index contributed by atoms with van der Waals surface area (Å²) in [4.78, 5) is 4.08. The van der Waals surface area contributed by atoms with Crippen LogP contribution in [0.25, 0.3) is 11.0 Å². The van der Waals surface area contributed by atoms with E-state index in [9.17, 15) is 12.8 Å². The number of aromatic nitrogens is 2. The fourth-order valence-electron chi connectivity index (χ4n) is 1.99. The molecule has 2 aromatic rings. The van der Waals surface area contributed by atoms with Crippen LogP contribution < -0.4 is 5.73 Å². The maximum atomic E-state index is 13.4. The molecule has 1 aromatic carbocycles. The zero-order valence-electron chi connectivity index (χ0n) is 10.9. The van der Waals surface area contributed by atoms with Gasteiger partial charge in [0.2, 0.25) is 5.95 Å².